The standard InChI is InChI=1S/C17H28N2O3/c1-13(15-7-6-12-21-15)19-10-8-14(9-11-19)18(5)16(20)22-17(2,3)4/h6-7,12-14H,8-11H2,1-5H3/t13-/m1/s1. The van der Waals surface area contributed by atoms with Gasteiger partial charge in [0.2, 0.25) is 0 Å². The van der Waals surface area contributed by atoms with Crippen molar-refractivity contribution < 1.29 is 13.9 Å². The lowest BCUT2D eigenvalue weighted by molar-refractivity contribution is 0.0128. The van der Waals surface area contributed by atoms with Gasteiger partial charge in [-0.25, -0.2) is 4.79 Å². The molecule has 0 radical (unpaired) electrons. The van der Waals surface area contributed by atoms with Crippen molar-refractivity contribution in [1.29, 1.82) is 0 Å². The van der Waals surface area contributed by atoms with Crippen molar-refractivity contribution in [2.75, 3.05) is 20.1 Å². The monoisotopic (exact) mass is 308 g/mol. The Hall–Kier alpha value is -1.49. The van der Waals surface area contributed by atoms with Crippen LogP contribution in [0, 0.1) is 0 Å². The highest BCUT2D eigenvalue weighted by Crippen LogP contribution is 2.26. The van der Waals surface area contributed by atoms with Crippen LogP contribution >= 0.6 is 0 Å². The zero-order valence-corrected chi connectivity index (χ0v) is 14.3. The van der Waals surface area contributed by atoms with Crippen LogP contribution in [0.3, 0.4) is 0 Å². The van der Waals surface area contributed by atoms with Crippen LogP contribution in [0.1, 0.15) is 52.3 Å². The fourth-order valence-electron chi connectivity index (χ4n) is 2.85. The number of piperidine rings is 1. The van der Waals surface area contributed by atoms with Gasteiger partial charge in [0.1, 0.15) is 11.4 Å². The van der Waals surface area contributed by atoms with Crippen LogP contribution in [0.5, 0.6) is 0 Å². The molecule has 22 heavy (non-hydrogen) atoms. The summed E-state index contributed by atoms with van der Waals surface area (Å²) in [5.41, 5.74) is -0.445. The Labute approximate surface area is 133 Å². The van der Waals surface area contributed by atoms with E-state index in [2.05, 4.69) is 11.8 Å². The average Bonchev–Trinajstić information content (AvgIpc) is 2.98. The lowest BCUT2D eigenvalue weighted by Crippen LogP contribution is -2.47. The minimum atomic E-state index is -0.445. The Bertz CT molecular complexity index is 471. The van der Waals surface area contributed by atoms with Gasteiger partial charge in [-0.15, -0.1) is 0 Å². The summed E-state index contributed by atoms with van der Waals surface area (Å²) >= 11 is 0. The second kappa shape index (κ2) is 6.73. The van der Waals surface area contributed by atoms with Crippen molar-refractivity contribution in [3.05, 3.63) is 24.2 Å². The summed E-state index contributed by atoms with van der Waals surface area (Å²) in [6, 6.07) is 4.47. The van der Waals surface area contributed by atoms with E-state index in [0.29, 0.717) is 0 Å². The maximum absolute atomic E-state index is 12.1. The van der Waals surface area contributed by atoms with Crippen molar-refractivity contribution in [3.8, 4) is 0 Å². The summed E-state index contributed by atoms with van der Waals surface area (Å²) in [4.78, 5) is 16.3. The van der Waals surface area contributed by atoms with Crippen LogP contribution in [-0.2, 0) is 4.74 Å². The first-order valence-corrected chi connectivity index (χ1v) is 8.01. The molecule has 0 aromatic carbocycles. The first-order chi connectivity index (χ1) is 10.3. The number of nitrogens with zero attached hydrogens (tertiary/aromatic N) is 2. The number of rotatable bonds is 3. The predicted molar refractivity (Wildman–Crippen MR) is 85.7 cm³/mol. The molecule has 1 atom stereocenters. The van der Waals surface area contributed by atoms with Gasteiger partial charge in [0, 0.05) is 26.2 Å². The smallest absolute Gasteiger partial charge is 0.410 e. The third-order valence-electron chi connectivity index (χ3n) is 4.23. The Balaban J connectivity index is 1.85. The second-order valence-corrected chi connectivity index (χ2v) is 7.05. The highest BCUT2D eigenvalue weighted by Gasteiger charge is 2.30. The summed E-state index contributed by atoms with van der Waals surface area (Å²) < 4.78 is 10.9. The fourth-order valence-corrected chi connectivity index (χ4v) is 2.85. The first-order valence-electron chi connectivity index (χ1n) is 8.01. The van der Waals surface area contributed by atoms with Crippen LogP contribution in [0.15, 0.2) is 22.8 Å². The Morgan fingerprint density at radius 2 is 2.05 bits per heavy atom. The molecular formula is C17H28N2O3. The summed E-state index contributed by atoms with van der Waals surface area (Å²) in [5, 5.41) is 0. The van der Waals surface area contributed by atoms with E-state index in [1.54, 1.807) is 11.2 Å². The first kappa shape index (κ1) is 16.9. The molecule has 1 aliphatic heterocycles. The van der Waals surface area contributed by atoms with Gasteiger partial charge < -0.3 is 14.1 Å². The molecular weight excluding hydrogens is 280 g/mol. The largest absolute Gasteiger partial charge is 0.468 e. The van der Waals surface area contributed by atoms with Gasteiger partial charge in [0.05, 0.1) is 12.3 Å². The molecule has 2 rings (SSSR count). The zero-order chi connectivity index (χ0) is 16.3. The van der Waals surface area contributed by atoms with E-state index in [1.165, 1.54) is 0 Å². The molecule has 1 aliphatic rings. The number of carbonyl (C=O) groups is 1. The molecule has 1 aromatic heterocycles. The lowest BCUT2D eigenvalue weighted by atomic mass is 10.0. The second-order valence-electron chi connectivity index (χ2n) is 7.05. The number of ether oxygens (including phenoxy) is 1. The quantitative estimate of drug-likeness (QED) is 0.854. The van der Waals surface area contributed by atoms with E-state index in [1.807, 2.05) is 40.0 Å². The molecule has 1 fully saturated rings. The van der Waals surface area contributed by atoms with E-state index in [4.69, 9.17) is 9.15 Å². The summed E-state index contributed by atoms with van der Waals surface area (Å²) in [6.07, 6.45) is 3.40. The molecule has 1 amide bonds. The van der Waals surface area contributed by atoms with E-state index < -0.39 is 5.60 Å². The van der Waals surface area contributed by atoms with Crippen molar-refractivity contribution in [2.45, 2.75) is 58.2 Å². The maximum atomic E-state index is 12.1. The van der Waals surface area contributed by atoms with Crippen LogP contribution in [0.4, 0.5) is 4.79 Å². The molecule has 5 heteroatoms. The average molecular weight is 308 g/mol. The number of hydrogen-bond acceptors (Lipinski definition) is 4. The van der Waals surface area contributed by atoms with Crippen LogP contribution in [-0.4, -0.2) is 47.7 Å². The SMILES string of the molecule is C[C@H](c1ccco1)N1CCC(N(C)C(=O)OC(C)(C)C)CC1. The van der Waals surface area contributed by atoms with Gasteiger partial charge in [-0.3, -0.25) is 4.90 Å². The Kier molecular flexibility index (Phi) is 5.16. The molecule has 0 unspecified atom stereocenters. The Morgan fingerprint density at radius 1 is 1.41 bits per heavy atom. The minimum Gasteiger partial charge on any atom is -0.468 e. The third kappa shape index (κ3) is 4.26. The van der Waals surface area contributed by atoms with Gasteiger partial charge in [0.25, 0.3) is 0 Å². The molecule has 0 aliphatic carbocycles. The number of amides is 1. The van der Waals surface area contributed by atoms with Crippen molar-refractivity contribution >= 4 is 6.09 Å². The third-order valence-corrected chi connectivity index (χ3v) is 4.23. The minimum absolute atomic E-state index is 0.231. The van der Waals surface area contributed by atoms with Gasteiger partial charge in [-0.2, -0.15) is 0 Å². The molecule has 0 spiro atoms. The van der Waals surface area contributed by atoms with Crippen LogP contribution in [0.25, 0.3) is 0 Å². The molecule has 1 saturated heterocycles. The topological polar surface area (TPSA) is 45.9 Å². The molecule has 0 bridgehead atoms. The van der Waals surface area contributed by atoms with Gasteiger partial charge in [0.15, 0.2) is 0 Å². The highest BCUT2D eigenvalue weighted by molar-refractivity contribution is 5.68. The number of likely N-dealkylation sites (tertiary alicyclic amines) is 1. The van der Waals surface area contributed by atoms with E-state index in [0.717, 1.165) is 31.7 Å². The normalized spacial score (nSPS) is 19.0. The van der Waals surface area contributed by atoms with Crippen LogP contribution in [0.2, 0.25) is 0 Å². The zero-order valence-electron chi connectivity index (χ0n) is 14.3. The summed E-state index contributed by atoms with van der Waals surface area (Å²) in [7, 11) is 1.84. The predicted octanol–water partition coefficient (Wildman–Crippen LogP) is 3.67. The number of carbonyl (C=O) groups excluding carboxylic acids is 1. The molecule has 1 aromatic rings. The molecule has 124 valence electrons. The van der Waals surface area contributed by atoms with Crippen LogP contribution < -0.4 is 0 Å². The fraction of sp³-hybridized carbons (Fsp3) is 0.706. The number of furan rings is 1. The molecule has 0 N–H and O–H groups in total. The van der Waals surface area contributed by atoms with Gasteiger partial charge >= 0.3 is 6.09 Å². The van der Waals surface area contributed by atoms with Gasteiger partial charge in [-0.1, -0.05) is 0 Å². The van der Waals surface area contributed by atoms with E-state index >= 15 is 0 Å². The maximum Gasteiger partial charge on any atom is 0.410 e. The van der Waals surface area contributed by atoms with Crippen molar-refractivity contribution in [2.24, 2.45) is 0 Å². The highest BCUT2D eigenvalue weighted by atomic mass is 16.6. The summed E-state index contributed by atoms with van der Waals surface area (Å²) in [5.74, 6) is 0.999. The molecule has 2 heterocycles. The molecule has 5 nitrogen and oxygen atoms in total. The molecule has 0 saturated carbocycles. The lowest BCUT2D eigenvalue weighted by Gasteiger charge is -2.39. The van der Waals surface area contributed by atoms with Crippen molar-refractivity contribution in [1.82, 2.24) is 9.80 Å². The Morgan fingerprint density at radius 3 is 2.55 bits per heavy atom. The van der Waals surface area contributed by atoms with E-state index in [9.17, 15) is 4.79 Å². The van der Waals surface area contributed by atoms with Gasteiger partial charge in [-0.05, 0) is 52.7 Å². The number of hydrogen-bond donors (Lipinski definition) is 0. The van der Waals surface area contributed by atoms with Crippen molar-refractivity contribution in [3.63, 3.8) is 0 Å². The van der Waals surface area contributed by atoms with E-state index in [-0.39, 0.29) is 18.2 Å². The summed E-state index contributed by atoms with van der Waals surface area (Å²) in [6.45, 7) is 9.77.